The molecule has 1 fully saturated rings. The van der Waals surface area contributed by atoms with E-state index in [9.17, 15) is 17.6 Å². The van der Waals surface area contributed by atoms with Crippen LogP contribution in [-0.2, 0) is 14.8 Å². The summed E-state index contributed by atoms with van der Waals surface area (Å²) < 4.78 is 39.8. The molecule has 0 aliphatic carbocycles. The van der Waals surface area contributed by atoms with E-state index in [2.05, 4.69) is 0 Å². The smallest absolute Gasteiger partial charge is 0.255 e. The molecule has 1 heterocycles. The van der Waals surface area contributed by atoms with Gasteiger partial charge in [0.1, 0.15) is 0 Å². The molecule has 0 saturated carbocycles. The van der Waals surface area contributed by atoms with Crippen molar-refractivity contribution < 1.29 is 17.6 Å². The highest BCUT2D eigenvalue weighted by atomic mass is 35.5. The van der Waals surface area contributed by atoms with E-state index in [1.165, 1.54) is 24.3 Å². The molecule has 110 valence electrons. The highest BCUT2D eigenvalue weighted by Gasteiger charge is 2.42. The van der Waals surface area contributed by atoms with Crippen LogP contribution >= 0.6 is 11.6 Å². The average Bonchev–Trinajstić information content (AvgIpc) is 2.39. The molecule has 0 unspecified atom stereocenters. The maximum absolute atomic E-state index is 14.0. The van der Waals surface area contributed by atoms with Gasteiger partial charge in [0.05, 0.1) is 4.90 Å². The summed E-state index contributed by atoms with van der Waals surface area (Å²) in [4.78, 5) is 11.1. The molecule has 0 bridgehead atoms. The van der Waals surface area contributed by atoms with Gasteiger partial charge in [-0.2, -0.15) is 4.31 Å². The Bertz CT molecular complexity index is 610. The number of carbonyl (C=O) groups excluding carboxylic acids is 1. The number of primary amides is 1. The molecule has 8 heteroatoms. The van der Waals surface area contributed by atoms with E-state index in [4.69, 9.17) is 17.3 Å². The van der Waals surface area contributed by atoms with Crippen LogP contribution in [0.5, 0.6) is 0 Å². The predicted octanol–water partition coefficient (Wildman–Crippen LogP) is 1.32. The molecule has 1 aromatic rings. The Morgan fingerprint density at radius 2 is 1.75 bits per heavy atom. The van der Waals surface area contributed by atoms with Gasteiger partial charge in [-0.3, -0.25) is 4.79 Å². The topological polar surface area (TPSA) is 80.5 Å². The van der Waals surface area contributed by atoms with Crippen LogP contribution < -0.4 is 5.73 Å². The van der Waals surface area contributed by atoms with Gasteiger partial charge in [0.25, 0.3) is 5.91 Å². The molecule has 0 radical (unpaired) electrons. The molecule has 5 nitrogen and oxygen atoms in total. The third kappa shape index (κ3) is 2.79. The summed E-state index contributed by atoms with van der Waals surface area (Å²) >= 11 is 5.71. The lowest BCUT2D eigenvalue weighted by Crippen LogP contribution is -2.50. The van der Waals surface area contributed by atoms with Crippen molar-refractivity contribution in [2.45, 2.75) is 23.4 Å². The number of benzene rings is 1. The van der Waals surface area contributed by atoms with Crippen molar-refractivity contribution in [2.24, 2.45) is 5.73 Å². The van der Waals surface area contributed by atoms with Crippen molar-refractivity contribution in [3.8, 4) is 0 Å². The molecular weight excluding hydrogens is 307 g/mol. The first-order chi connectivity index (χ1) is 9.25. The fourth-order valence-corrected chi connectivity index (χ4v) is 3.65. The first-order valence-electron chi connectivity index (χ1n) is 6.00. The maximum Gasteiger partial charge on any atom is 0.255 e. The van der Waals surface area contributed by atoms with Crippen LogP contribution in [0, 0.1) is 0 Å². The van der Waals surface area contributed by atoms with Gasteiger partial charge in [0.2, 0.25) is 10.0 Å². The third-order valence-electron chi connectivity index (χ3n) is 3.41. The van der Waals surface area contributed by atoms with E-state index in [0.717, 1.165) is 4.31 Å². The Balaban J connectivity index is 2.17. The highest BCUT2D eigenvalue weighted by molar-refractivity contribution is 7.89. The lowest BCUT2D eigenvalue weighted by Gasteiger charge is -2.33. The minimum atomic E-state index is -3.70. The molecule has 1 aromatic carbocycles. The standard InChI is InChI=1S/C12H14ClFN2O3S/c13-9-1-3-10(4-2-9)20(18,19)16-7-5-12(14,6-8-16)11(15)17/h1-4H,5-8H2,(H2,15,17). The minimum absolute atomic E-state index is 0.0790. The Kier molecular flexibility index (Phi) is 4.04. The highest BCUT2D eigenvalue weighted by Crippen LogP contribution is 2.29. The van der Waals surface area contributed by atoms with Crippen molar-refractivity contribution in [1.82, 2.24) is 4.31 Å². The number of hydrogen-bond donors (Lipinski definition) is 1. The predicted molar refractivity (Wildman–Crippen MR) is 72.5 cm³/mol. The van der Waals surface area contributed by atoms with Gasteiger partial charge in [-0.15, -0.1) is 0 Å². The zero-order valence-corrected chi connectivity index (χ0v) is 12.1. The first-order valence-corrected chi connectivity index (χ1v) is 7.82. The summed E-state index contributed by atoms with van der Waals surface area (Å²) in [5.74, 6) is -1.04. The van der Waals surface area contributed by atoms with Gasteiger partial charge < -0.3 is 5.73 Å². The molecular formula is C12H14ClFN2O3S. The zero-order valence-electron chi connectivity index (χ0n) is 10.6. The number of nitrogens with zero attached hydrogens (tertiary/aromatic N) is 1. The Morgan fingerprint density at radius 1 is 1.25 bits per heavy atom. The van der Waals surface area contributed by atoms with Gasteiger partial charge >= 0.3 is 0 Å². The van der Waals surface area contributed by atoms with Gasteiger partial charge in [0.15, 0.2) is 5.67 Å². The van der Waals surface area contributed by atoms with Crippen LogP contribution in [0.2, 0.25) is 5.02 Å². The van der Waals surface area contributed by atoms with Crippen LogP contribution in [0.1, 0.15) is 12.8 Å². The van der Waals surface area contributed by atoms with E-state index >= 15 is 0 Å². The van der Waals surface area contributed by atoms with Crippen LogP contribution in [0.25, 0.3) is 0 Å². The van der Waals surface area contributed by atoms with Crippen LogP contribution in [0.3, 0.4) is 0 Å². The van der Waals surface area contributed by atoms with E-state index in [-0.39, 0.29) is 30.8 Å². The number of hydrogen-bond acceptors (Lipinski definition) is 3. The van der Waals surface area contributed by atoms with Crippen LogP contribution in [0.4, 0.5) is 4.39 Å². The van der Waals surface area contributed by atoms with Crippen molar-refractivity contribution in [3.63, 3.8) is 0 Å². The van der Waals surface area contributed by atoms with Gasteiger partial charge in [-0.25, -0.2) is 12.8 Å². The summed E-state index contributed by atoms with van der Waals surface area (Å²) in [6.07, 6.45) is -0.454. The fraction of sp³-hybridized carbons (Fsp3) is 0.417. The first kappa shape index (κ1) is 15.2. The number of piperidine rings is 1. The number of halogens is 2. The number of carbonyl (C=O) groups is 1. The minimum Gasteiger partial charge on any atom is -0.367 e. The SMILES string of the molecule is NC(=O)C1(F)CCN(S(=O)(=O)c2ccc(Cl)cc2)CC1. The Hall–Kier alpha value is -1.18. The average molecular weight is 321 g/mol. The summed E-state index contributed by atoms with van der Waals surface area (Å²) in [6, 6.07) is 5.73. The summed E-state index contributed by atoms with van der Waals surface area (Å²) in [5, 5.41) is 0.430. The summed E-state index contributed by atoms with van der Waals surface area (Å²) in [6.45, 7) is -0.158. The van der Waals surface area contributed by atoms with Crippen LogP contribution in [-0.4, -0.2) is 37.4 Å². The Morgan fingerprint density at radius 3 is 2.20 bits per heavy atom. The second-order valence-electron chi connectivity index (χ2n) is 4.69. The zero-order chi connectivity index (χ0) is 15.0. The lowest BCUT2D eigenvalue weighted by molar-refractivity contribution is -0.131. The van der Waals surface area contributed by atoms with Crippen molar-refractivity contribution in [2.75, 3.05) is 13.1 Å². The van der Waals surface area contributed by atoms with E-state index in [1.54, 1.807) is 0 Å². The largest absolute Gasteiger partial charge is 0.367 e. The molecule has 2 rings (SSSR count). The van der Waals surface area contributed by atoms with Crippen molar-refractivity contribution >= 4 is 27.5 Å². The van der Waals surface area contributed by atoms with Gasteiger partial charge in [-0.05, 0) is 24.3 Å². The number of nitrogens with two attached hydrogens (primary N) is 1. The lowest BCUT2D eigenvalue weighted by atomic mass is 9.94. The van der Waals surface area contributed by atoms with Gasteiger partial charge in [0, 0.05) is 31.0 Å². The number of sulfonamides is 1. The molecule has 1 amide bonds. The number of rotatable bonds is 3. The fourth-order valence-electron chi connectivity index (χ4n) is 2.08. The Labute approximate surface area is 121 Å². The van der Waals surface area contributed by atoms with E-state index < -0.39 is 21.6 Å². The van der Waals surface area contributed by atoms with E-state index in [1.807, 2.05) is 0 Å². The van der Waals surface area contributed by atoms with E-state index in [0.29, 0.717) is 5.02 Å². The quantitative estimate of drug-likeness (QED) is 0.912. The molecule has 1 aliphatic heterocycles. The van der Waals surface area contributed by atoms with Crippen molar-refractivity contribution in [1.29, 1.82) is 0 Å². The molecule has 0 spiro atoms. The second kappa shape index (κ2) is 5.31. The molecule has 2 N–H and O–H groups in total. The van der Waals surface area contributed by atoms with Gasteiger partial charge in [-0.1, -0.05) is 11.6 Å². The molecule has 20 heavy (non-hydrogen) atoms. The summed E-state index contributed by atoms with van der Waals surface area (Å²) in [5.41, 5.74) is 2.87. The molecule has 0 atom stereocenters. The number of amides is 1. The monoisotopic (exact) mass is 320 g/mol. The maximum atomic E-state index is 14.0. The molecule has 0 aromatic heterocycles. The van der Waals surface area contributed by atoms with Crippen molar-refractivity contribution in [3.05, 3.63) is 29.3 Å². The molecule has 1 saturated heterocycles. The normalized spacial score (nSPS) is 19.7. The summed E-state index contributed by atoms with van der Waals surface area (Å²) in [7, 11) is -3.70. The number of alkyl halides is 1. The third-order valence-corrected chi connectivity index (χ3v) is 5.57. The second-order valence-corrected chi connectivity index (χ2v) is 7.06. The van der Waals surface area contributed by atoms with Crippen LogP contribution in [0.15, 0.2) is 29.2 Å². The molecule has 1 aliphatic rings.